The molecule has 0 saturated carbocycles. The van der Waals surface area contributed by atoms with Crippen molar-refractivity contribution in [1.29, 1.82) is 0 Å². The van der Waals surface area contributed by atoms with Gasteiger partial charge >= 0.3 is 5.97 Å². The van der Waals surface area contributed by atoms with Crippen LogP contribution in [-0.2, 0) is 21.8 Å². The minimum atomic E-state index is -0.419. The largest absolute Gasteiger partial charge is 0.464 e. The first kappa shape index (κ1) is 17.1. The third kappa shape index (κ3) is 7.60. The molecule has 1 aromatic heterocycles. The molecule has 0 atom stereocenters. The fraction of sp³-hybridized carbons (Fsp3) is 0.667. The standard InChI is InChI=1S/C15H25NO3S/c1-11(2)16-8-12-6-7-13(18-12)9-20-10-14(17)19-15(3,4)5/h6-7,11,16H,8-10H2,1-5H3. The number of hydrogen-bond acceptors (Lipinski definition) is 5. The molecule has 1 aromatic rings. The van der Waals surface area contributed by atoms with Gasteiger partial charge in [0.2, 0.25) is 0 Å². The molecule has 4 nitrogen and oxygen atoms in total. The summed E-state index contributed by atoms with van der Waals surface area (Å²) >= 11 is 1.50. The molecule has 1 N–H and O–H groups in total. The molecule has 0 bridgehead atoms. The van der Waals surface area contributed by atoms with Gasteiger partial charge in [0.1, 0.15) is 17.1 Å². The van der Waals surface area contributed by atoms with Crippen molar-refractivity contribution >= 4 is 17.7 Å². The summed E-state index contributed by atoms with van der Waals surface area (Å²) in [7, 11) is 0. The van der Waals surface area contributed by atoms with Gasteiger partial charge in [-0.1, -0.05) is 13.8 Å². The van der Waals surface area contributed by atoms with Crippen LogP contribution in [0.2, 0.25) is 0 Å². The third-order valence-corrected chi connectivity index (χ3v) is 3.21. The van der Waals surface area contributed by atoms with Gasteiger partial charge in [-0.3, -0.25) is 4.79 Å². The van der Waals surface area contributed by atoms with Crippen LogP contribution in [0.25, 0.3) is 0 Å². The van der Waals surface area contributed by atoms with Crippen LogP contribution in [0.1, 0.15) is 46.1 Å². The topological polar surface area (TPSA) is 51.5 Å². The highest BCUT2D eigenvalue weighted by molar-refractivity contribution is 7.99. The van der Waals surface area contributed by atoms with E-state index in [0.29, 0.717) is 17.5 Å². The summed E-state index contributed by atoms with van der Waals surface area (Å²) < 4.78 is 10.9. The highest BCUT2D eigenvalue weighted by Gasteiger charge is 2.16. The number of carbonyl (C=O) groups is 1. The van der Waals surface area contributed by atoms with Crippen LogP contribution < -0.4 is 5.32 Å². The molecule has 0 spiro atoms. The Kier molecular flexibility index (Phi) is 6.62. The Hall–Kier alpha value is -0.940. The SMILES string of the molecule is CC(C)NCc1ccc(CSCC(=O)OC(C)(C)C)o1. The van der Waals surface area contributed by atoms with Crippen molar-refractivity contribution in [3.05, 3.63) is 23.7 Å². The molecule has 0 aliphatic rings. The Balaban J connectivity index is 2.27. The highest BCUT2D eigenvalue weighted by Crippen LogP contribution is 2.17. The molecule has 0 aliphatic carbocycles. The van der Waals surface area contributed by atoms with E-state index >= 15 is 0 Å². The molecule has 0 unspecified atom stereocenters. The third-order valence-electron chi connectivity index (χ3n) is 2.29. The number of hydrogen-bond donors (Lipinski definition) is 1. The normalized spacial score (nSPS) is 11.9. The minimum absolute atomic E-state index is 0.184. The molecule has 5 heteroatoms. The van der Waals surface area contributed by atoms with Gasteiger partial charge in [0, 0.05) is 6.04 Å². The molecule has 1 heterocycles. The molecule has 114 valence electrons. The average Bonchev–Trinajstić information content (AvgIpc) is 2.72. The quantitative estimate of drug-likeness (QED) is 0.782. The van der Waals surface area contributed by atoms with Gasteiger partial charge in [0.25, 0.3) is 0 Å². The van der Waals surface area contributed by atoms with Gasteiger partial charge in [0.05, 0.1) is 18.1 Å². The second kappa shape index (κ2) is 7.74. The number of nitrogens with one attached hydrogen (secondary N) is 1. The van der Waals surface area contributed by atoms with Gasteiger partial charge in [-0.05, 0) is 32.9 Å². The Morgan fingerprint density at radius 1 is 1.35 bits per heavy atom. The molecular formula is C15H25NO3S. The number of furan rings is 1. The maximum Gasteiger partial charge on any atom is 0.316 e. The number of thioether (sulfide) groups is 1. The number of ether oxygens (including phenoxy) is 1. The smallest absolute Gasteiger partial charge is 0.316 e. The van der Waals surface area contributed by atoms with Crippen LogP contribution >= 0.6 is 11.8 Å². The van der Waals surface area contributed by atoms with Gasteiger partial charge < -0.3 is 14.5 Å². The lowest BCUT2D eigenvalue weighted by molar-refractivity contribution is -0.151. The number of rotatable bonds is 7. The van der Waals surface area contributed by atoms with E-state index < -0.39 is 5.60 Å². The predicted molar refractivity (Wildman–Crippen MR) is 82.7 cm³/mol. The van der Waals surface area contributed by atoms with E-state index in [1.807, 2.05) is 32.9 Å². The second-order valence-corrected chi connectivity index (χ2v) is 6.97. The van der Waals surface area contributed by atoms with Crippen LogP contribution in [-0.4, -0.2) is 23.4 Å². The molecule has 0 aromatic carbocycles. The monoisotopic (exact) mass is 299 g/mol. The van der Waals surface area contributed by atoms with Crippen molar-refractivity contribution in [2.24, 2.45) is 0 Å². The Morgan fingerprint density at radius 2 is 2.00 bits per heavy atom. The van der Waals surface area contributed by atoms with Gasteiger partial charge in [-0.25, -0.2) is 0 Å². The van der Waals surface area contributed by atoms with Crippen LogP contribution in [0.4, 0.5) is 0 Å². The molecule has 20 heavy (non-hydrogen) atoms. The summed E-state index contributed by atoms with van der Waals surface area (Å²) in [5, 5.41) is 3.30. The van der Waals surface area contributed by atoms with E-state index in [2.05, 4.69) is 19.2 Å². The van der Waals surface area contributed by atoms with Gasteiger partial charge in [-0.15, -0.1) is 11.8 Å². The summed E-state index contributed by atoms with van der Waals surface area (Å²) in [6.45, 7) is 10.5. The zero-order valence-corrected chi connectivity index (χ0v) is 13.8. The van der Waals surface area contributed by atoms with Crippen molar-refractivity contribution in [2.75, 3.05) is 5.75 Å². The Labute approximate surface area is 125 Å². The number of esters is 1. The summed E-state index contributed by atoms with van der Waals surface area (Å²) in [5.74, 6) is 2.65. The van der Waals surface area contributed by atoms with E-state index in [-0.39, 0.29) is 5.97 Å². The summed E-state index contributed by atoms with van der Waals surface area (Å²) in [4.78, 5) is 11.5. The summed E-state index contributed by atoms with van der Waals surface area (Å²) in [5.41, 5.74) is -0.419. The molecular weight excluding hydrogens is 274 g/mol. The average molecular weight is 299 g/mol. The molecule has 0 radical (unpaired) electrons. The van der Waals surface area contributed by atoms with Crippen LogP contribution in [0.3, 0.4) is 0 Å². The summed E-state index contributed by atoms with van der Waals surface area (Å²) in [6, 6.07) is 4.36. The molecule has 1 rings (SSSR count). The minimum Gasteiger partial charge on any atom is -0.464 e. The molecule has 0 aliphatic heterocycles. The van der Waals surface area contributed by atoms with Crippen molar-refractivity contribution in [3.8, 4) is 0 Å². The highest BCUT2D eigenvalue weighted by atomic mass is 32.2. The first-order valence-electron chi connectivity index (χ1n) is 6.87. The van der Waals surface area contributed by atoms with E-state index in [9.17, 15) is 4.79 Å². The maximum atomic E-state index is 11.5. The number of carbonyl (C=O) groups excluding carboxylic acids is 1. The van der Waals surface area contributed by atoms with Crippen LogP contribution in [0, 0.1) is 0 Å². The predicted octanol–water partition coefficient (Wildman–Crippen LogP) is 3.35. The van der Waals surface area contributed by atoms with Crippen LogP contribution in [0.15, 0.2) is 16.5 Å². The van der Waals surface area contributed by atoms with Crippen LogP contribution in [0.5, 0.6) is 0 Å². The van der Waals surface area contributed by atoms with Gasteiger partial charge in [0.15, 0.2) is 0 Å². The molecule has 0 fully saturated rings. The first-order valence-corrected chi connectivity index (χ1v) is 8.02. The molecule has 0 amide bonds. The van der Waals surface area contributed by atoms with E-state index in [1.54, 1.807) is 0 Å². The lowest BCUT2D eigenvalue weighted by Crippen LogP contribution is -2.24. The Morgan fingerprint density at radius 3 is 2.60 bits per heavy atom. The Bertz CT molecular complexity index is 421. The van der Waals surface area contributed by atoms with Crippen molar-refractivity contribution in [3.63, 3.8) is 0 Å². The second-order valence-electron chi connectivity index (χ2n) is 5.98. The zero-order valence-electron chi connectivity index (χ0n) is 13.0. The fourth-order valence-corrected chi connectivity index (χ4v) is 2.19. The fourth-order valence-electron chi connectivity index (χ4n) is 1.51. The molecule has 0 saturated heterocycles. The van der Waals surface area contributed by atoms with Crippen molar-refractivity contribution in [1.82, 2.24) is 5.32 Å². The van der Waals surface area contributed by atoms with Crippen molar-refractivity contribution in [2.45, 2.75) is 58.6 Å². The van der Waals surface area contributed by atoms with E-state index in [4.69, 9.17) is 9.15 Å². The lowest BCUT2D eigenvalue weighted by Gasteiger charge is -2.19. The first-order chi connectivity index (χ1) is 9.26. The van der Waals surface area contributed by atoms with E-state index in [0.717, 1.165) is 18.1 Å². The van der Waals surface area contributed by atoms with E-state index in [1.165, 1.54) is 11.8 Å². The zero-order chi connectivity index (χ0) is 15.2. The van der Waals surface area contributed by atoms with Crippen molar-refractivity contribution < 1.29 is 13.9 Å². The maximum absolute atomic E-state index is 11.5. The summed E-state index contributed by atoms with van der Waals surface area (Å²) in [6.07, 6.45) is 0. The lowest BCUT2D eigenvalue weighted by atomic mass is 10.2. The van der Waals surface area contributed by atoms with Gasteiger partial charge in [-0.2, -0.15) is 0 Å².